The van der Waals surface area contributed by atoms with Crippen LogP contribution < -0.4 is 4.90 Å². The van der Waals surface area contributed by atoms with Crippen LogP contribution in [-0.2, 0) is 16.6 Å². The number of aryl methyl sites for hydroxylation is 1. The molecule has 1 aliphatic rings. The molecule has 0 aliphatic heterocycles. The molecule has 4 aromatic rings. The van der Waals surface area contributed by atoms with Crippen molar-refractivity contribution in [2.24, 2.45) is 0 Å². The Morgan fingerprint density at radius 1 is 1.14 bits per heavy atom. The van der Waals surface area contributed by atoms with Gasteiger partial charge in [-0.3, -0.25) is 14.7 Å². The van der Waals surface area contributed by atoms with Crippen molar-refractivity contribution in [3.05, 3.63) is 82.6 Å². The topological polar surface area (TPSA) is 83.5 Å². The Balaban J connectivity index is 1.51. The molecule has 35 heavy (non-hydrogen) atoms. The van der Waals surface area contributed by atoms with Gasteiger partial charge in [0.25, 0.3) is 5.91 Å². The lowest BCUT2D eigenvalue weighted by Crippen LogP contribution is -2.31. The summed E-state index contributed by atoms with van der Waals surface area (Å²) in [5.74, 6) is -0.291. The number of rotatable bonds is 7. The highest BCUT2D eigenvalue weighted by atomic mass is 35.5. The van der Waals surface area contributed by atoms with Crippen LogP contribution in [0.25, 0.3) is 10.2 Å². The van der Waals surface area contributed by atoms with Crippen LogP contribution in [0.4, 0.5) is 5.13 Å². The first-order valence-corrected chi connectivity index (χ1v) is 13.7. The number of sulfonamides is 1. The van der Waals surface area contributed by atoms with Gasteiger partial charge in [0.2, 0.25) is 10.0 Å². The standard InChI is InChI=1S/C25H23ClN4O3S2/c1-16-5-12-21(26)23-22(16)28-25(34-23)30(15-17-4-3-13-27-14-17)24(31)18-6-10-20(11-7-18)35(32,33)29(2)19-8-9-19/h3-7,10-14,19H,8-9,15H2,1-2H3. The number of amides is 1. The zero-order valence-corrected chi connectivity index (χ0v) is 21.6. The third-order valence-corrected chi connectivity index (χ3v) is 9.53. The molecule has 10 heteroatoms. The molecule has 2 aromatic carbocycles. The molecule has 0 N–H and O–H groups in total. The van der Waals surface area contributed by atoms with Gasteiger partial charge in [0.1, 0.15) is 0 Å². The minimum absolute atomic E-state index is 0.0607. The Bertz CT molecular complexity index is 1460. The Kier molecular flexibility index (Phi) is 6.35. The number of hydrogen-bond acceptors (Lipinski definition) is 6. The zero-order valence-electron chi connectivity index (χ0n) is 19.2. The number of carbonyl (C=O) groups is 1. The maximum absolute atomic E-state index is 13.7. The molecule has 0 saturated heterocycles. The number of anilines is 1. The van der Waals surface area contributed by atoms with Gasteiger partial charge in [0.15, 0.2) is 5.13 Å². The molecular formula is C25H23ClN4O3S2. The monoisotopic (exact) mass is 526 g/mol. The van der Waals surface area contributed by atoms with Gasteiger partial charge < -0.3 is 0 Å². The van der Waals surface area contributed by atoms with Crippen molar-refractivity contribution in [3.63, 3.8) is 0 Å². The second-order valence-corrected chi connectivity index (χ2v) is 12.0. The molecule has 1 amide bonds. The quantitative estimate of drug-likeness (QED) is 0.327. The Morgan fingerprint density at radius 2 is 1.89 bits per heavy atom. The summed E-state index contributed by atoms with van der Waals surface area (Å²) in [5.41, 5.74) is 2.93. The lowest BCUT2D eigenvalue weighted by atomic mass is 10.2. The average Bonchev–Trinajstić information content (AvgIpc) is 3.62. The minimum atomic E-state index is -3.59. The number of carbonyl (C=O) groups excluding carboxylic acids is 1. The summed E-state index contributed by atoms with van der Waals surface area (Å²) in [7, 11) is -1.99. The van der Waals surface area contributed by atoms with Crippen LogP contribution in [0.2, 0.25) is 5.02 Å². The molecule has 2 heterocycles. The molecule has 5 rings (SSSR count). The second kappa shape index (κ2) is 9.31. The molecule has 180 valence electrons. The van der Waals surface area contributed by atoms with Crippen LogP contribution in [-0.4, -0.2) is 41.7 Å². The van der Waals surface area contributed by atoms with Crippen LogP contribution in [0, 0.1) is 6.92 Å². The molecule has 7 nitrogen and oxygen atoms in total. The van der Waals surface area contributed by atoms with E-state index in [1.165, 1.54) is 27.8 Å². The van der Waals surface area contributed by atoms with Crippen molar-refractivity contribution in [1.29, 1.82) is 0 Å². The van der Waals surface area contributed by atoms with Gasteiger partial charge in [0.05, 0.1) is 26.7 Å². The molecule has 1 aliphatic carbocycles. The SMILES string of the molecule is Cc1ccc(Cl)c2sc(N(Cc3cccnc3)C(=O)c3ccc(S(=O)(=O)N(C)C4CC4)cc3)nc12. The van der Waals surface area contributed by atoms with E-state index >= 15 is 0 Å². The number of hydrogen-bond donors (Lipinski definition) is 0. The largest absolute Gasteiger partial charge is 0.279 e. The smallest absolute Gasteiger partial charge is 0.260 e. The van der Waals surface area contributed by atoms with Crippen LogP contribution in [0.1, 0.15) is 34.3 Å². The fraction of sp³-hybridized carbons (Fsp3) is 0.240. The molecule has 0 atom stereocenters. The first-order valence-electron chi connectivity index (χ1n) is 11.1. The molecule has 1 saturated carbocycles. The number of fused-ring (bicyclic) bond motifs is 1. The third-order valence-electron chi connectivity index (χ3n) is 6.06. The molecule has 0 bridgehead atoms. The van der Waals surface area contributed by atoms with E-state index in [4.69, 9.17) is 16.6 Å². The number of benzene rings is 2. The molecule has 0 unspecified atom stereocenters. The van der Waals surface area contributed by atoms with E-state index in [9.17, 15) is 13.2 Å². The number of pyridine rings is 1. The van der Waals surface area contributed by atoms with Crippen molar-refractivity contribution < 1.29 is 13.2 Å². The number of nitrogens with zero attached hydrogens (tertiary/aromatic N) is 4. The van der Waals surface area contributed by atoms with Crippen LogP contribution in [0.3, 0.4) is 0 Å². The van der Waals surface area contributed by atoms with E-state index in [0.29, 0.717) is 15.7 Å². The van der Waals surface area contributed by atoms with Crippen molar-refractivity contribution in [1.82, 2.24) is 14.3 Å². The van der Waals surface area contributed by atoms with Crippen molar-refractivity contribution >= 4 is 54.2 Å². The van der Waals surface area contributed by atoms with E-state index in [1.807, 2.05) is 31.2 Å². The Labute approximate surface area is 213 Å². The first kappa shape index (κ1) is 23.9. The molecule has 2 aromatic heterocycles. The first-order chi connectivity index (χ1) is 16.8. The van der Waals surface area contributed by atoms with Crippen molar-refractivity contribution in [3.8, 4) is 0 Å². The van der Waals surface area contributed by atoms with Gasteiger partial charge in [-0.2, -0.15) is 4.31 Å². The van der Waals surface area contributed by atoms with E-state index in [1.54, 1.807) is 36.5 Å². The predicted octanol–water partition coefficient (Wildman–Crippen LogP) is 5.28. The highest BCUT2D eigenvalue weighted by Gasteiger charge is 2.35. The van der Waals surface area contributed by atoms with Crippen LogP contribution in [0.15, 0.2) is 65.8 Å². The van der Waals surface area contributed by atoms with Gasteiger partial charge in [-0.05, 0) is 67.3 Å². The highest BCUT2D eigenvalue weighted by Crippen LogP contribution is 2.37. The van der Waals surface area contributed by atoms with E-state index in [2.05, 4.69) is 4.98 Å². The number of thiazole rings is 1. The maximum atomic E-state index is 13.7. The molecule has 1 fully saturated rings. The van der Waals surface area contributed by atoms with E-state index in [-0.39, 0.29) is 23.4 Å². The second-order valence-electron chi connectivity index (χ2n) is 8.57. The summed E-state index contributed by atoms with van der Waals surface area (Å²) in [4.78, 5) is 24.3. The highest BCUT2D eigenvalue weighted by molar-refractivity contribution is 7.89. The lowest BCUT2D eigenvalue weighted by Gasteiger charge is -2.20. The zero-order chi connectivity index (χ0) is 24.7. The van der Waals surface area contributed by atoms with Gasteiger partial charge in [-0.1, -0.05) is 35.1 Å². The van der Waals surface area contributed by atoms with Crippen molar-refractivity contribution in [2.75, 3.05) is 11.9 Å². The lowest BCUT2D eigenvalue weighted by molar-refractivity contribution is 0.0985. The molecular weight excluding hydrogens is 504 g/mol. The maximum Gasteiger partial charge on any atom is 0.260 e. The summed E-state index contributed by atoms with van der Waals surface area (Å²) in [6, 6.07) is 13.6. The van der Waals surface area contributed by atoms with E-state index < -0.39 is 10.0 Å². The number of aromatic nitrogens is 2. The predicted molar refractivity (Wildman–Crippen MR) is 139 cm³/mol. The normalized spacial score (nSPS) is 13.9. The summed E-state index contributed by atoms with van der Waals surface area (Å²) >= 11 is 7.76. The summed E-state index contributed by atoms with van der Waals surface area (Å²) in [5, 5.41) is 1.09. The van der Waals surface area contributed by atoms with Crippen LogP contribution in [0.5, 0.6) is 0 Å². The molecule has 0 radical (unpaired) electrons. The third kappa shape index (κ3) is 4.69. The fourth-order valence-electron chi connectivity index (χ4n) is 3.83. The molecule has 0 spiro atoms. The van der Waals surface area contributed by atoms with Gasteiger partial charge in [0, 0.05) is 31.0 Å². The van der Waals surface area contributed by atoms with Crippen LogP contribution >= 0.6 is 22.9 Å². The van der Waals surface area contributed by atoms with Gasteiger partial charge >= 0.3 is 0 Å². The Morgan fingerprint density at radius 3 is 2.51 bits per heavy atom. The number of halogens is 1. The van der Waals surface area contributed by atoms with Crippen molar-refractivity contribution in [2.45, 2.75) is 37.2 Å². The van der Waals surface area contributed by atoms with Gasteiger partial charge in [-0.15, -0.1) is 0 Å². The summed E-state index contributed by atoms with van der Waals surface area (Å²) < 4.78 is 27.9. The summed E-state index contributed by atoms with van der Waals surface area (Å²) in [6.07, 6.45) is 5.13. The average molecular weight is 527 g/mol. The fourth-order valence-corrected chi connectivity index (χ4v) is 6.56. The Hall–Kier alpha value is -2.85. The minimum Gasteiger partial charge on any atom is -0.279 e. The van der Waals surface area contributed by atoms with E-state index in [0.717, 1.165) is 34.2 Å². The van der Waals surface area contributed by atoms with Gasteiger partial charge in [-0.25, -0.2) is 13.4 Å². The summed E-state index contributed by atoms with van der Waals surface area (Å²) in [6.45, 7) is 2.21.